The van der Waals surface area contributed by atoms with E-state index < -0.39 is 5.97 Å². The lowest BCUT2D eigenvalue weighted by atomic mass is 9.43. The SMILES string of the molecule is CC(CCC(=O)O)[C@@H]1CC[C@@H]2[C@H]3CC[C@H]4C[C@@H](O)CC[C@@]4(C)[C@@H]3C[C@@H](O)[C@]21C. The molecule has 4 fully saturated rings. The predicted molar refractivity (Wildman–Crippen MR) is 109 cm³/mol. The van der Waals surface area contributed by atoms with Crippen LogP contribution >= 0.6 is 0 Å². The van der Waals surface area contributed by atoms with Crippen molar-refractivity contribution in [2.24, 2.45) is 46.3 Å². The highest BCUT2D eigenvalue weighted by molar-refractivity contribution is 5.66. The Kier molecular flexibility index (Phi) is 5.36. The van der Waals surface area contributed by atoms with E-state index >= 15 is 0 Å². The van der Waals surface area contributed by atoms with E-state index in [9.17, 15) is 15.0 Å². The molecular formula is C24H40O4. The van der Waals surface area contributed by atoms with Gasteiger partial charge >= 0.3 is 5.97 Å². The van der Waals surface area contributed by atoms with Crippen molar-refractivity contribution in [1.82, 2.24) is 0 Å². The highest BCUT2D eigenvalue weighted by Crippen LogP contribution is 2.68. The molecule has 4 aliphatic carbocycles. The first kappa shape index (κ1) is 20.7. The number of carboxylic acid groups (broad SMARTS) is 1. The van der Waals surface area contributed by atoms with Gasteiger partial charge in [-0.15, -0.1) is 0 Å². The van der Waals surface area contributed by atoms with E-state index in [-0.39, 0.29) is 29.5 Å². The molecule has 0 bridgehead atoms. The van der Waals surface area contributed by atoms with E-state index in [1.807, 2.05) is 0 Å². The van der Waals surface area contributed by atoms with Crippen LogP contribution in [-0.2, 0) is 4.79 Å². The quantitative estimate of drug-likeness (QED) is 0.659. The number of rotatable bonds is 4. The van der Waals surface area contributed by atoms with Gasteiger partial charge in [0, 0.05) is 6.42 Å². The number of aliphatic hydroxyl groups is 2. The summed E-state index contributed by atoms with van der Waals surface area (Å²) in [5.41, 5.74) is 0.216. The Balaban J connectivity index is 1.56. The molecule has 0 heterocycles. The van der Waals surface area contributed by atoms with Crippen LogP contribution < -0.4 is 0 Å². The van der Waals surface area contributed by atoms with Gasteiger partial charge in [0.2, 0.25) is 0 Å². The molecular weight excluding hydrogens is 352 g/mol. The smallest absolute Gasteiger partial charge is 0.303 e. The van der Waals surface area contributed by atoms with Crippen LogP contribution in [0.5, 0.6) is 0 Å². The highest BCUT2D eigenvalue weighted by atomic mass is 16.4. The summed E-state index contributed by atoms with van der Waals surface area (Å²) in [6.07, 6.45) is 9.26. The molecule has 28 heavy (non-hydrogen) atoms. The van der Waals surface area contributed by atoms with Crippen molar-refractivity contribution < 1.29 is 20.1 Å². The van der Waals surface area contributed by atoms with Crippen LogP contribution in [0.3, 0.4) is 0 Å². The number of aliphatic hydroxyl groups excluding tert-OH is 2. The van der Waals surface area contributed by atoms with E-state index in [4.69, 9.17) is 5.11 Å². The van der Waals surface area contributed by atoms with E-state index in [1.54, 1.807) is 0 Å². The highest BCUT2D eigenvalue weighted by Gasteiger charge is 2.63. The first-order chi connectivity index (χ1) is 13.2. The molecule has 4 saturated carbocycles. The zero-order valence-corrected chi connectivity index (χ0v) is 17.9. The summed E-state index contributed by atoms with van der Waals surface area (Å²) < 4.78 is 0. The lowest BCUT2D eigenvalue weighted by Gasteiger charge is -2.62. The summed E-state index contributed by atoms with van der Waals surface area (Å²) in [4.78, 5) is 11.1. The molecule has 0 aliphatic heterocycles. The second kappa shape index (κ2) is 7.27. The van der Waals surface area contributed by atoms with Gasteiger partial charge in [-0.2, -0.15) is 0 Å². The minimum absolute atomic E-state index is 0.0591. The Morgan fingerprint density at radius 2 is 1.79 bits per heavy atom. The molecule has 0 saturated heterocycles. The Morgan fingerprint density at radius 1 is 1.04 bits per heavy atom. The number of carbonyl (C=O) groups is 1. The summed E-state index contributed by atoms with van der Waals surface area (Å²) in [6, 6.07) is 0. The molecule has 4 rings (SSSR count). The van der Waals surface area contributed by atoms with Crippen LogP contribution in [0, 0.1) is 46.3 Å². The van der Waals surface area contributed by atoms with Crippen LogP contribution in [0.2, 0.25) is 0 Å². The van der Waals surface area contributed by atoms with E-state index in [2.05, 4.69) is 20.8 Å². The van der Waals surface area contributed by atoms with Crippen LogP contribution in [-0.4, -0.2) is 33.5 Å². The summed E-state index contributed by atoms with van der Waals surface area (Å²) in [6.45, 7) is 6.99. The number of hydrogen-bond donors (Lipinski definition) is 3. The van der Waals surface area contributed by atoms with Crippen molar-refractivity contribution in [2.75, 3.05) is 0 Å². The summed E-state index contributed by atoms with van der Waals surface area (Å²) >= 11 is 0. The van der Waals surface area contributed by atoms with E-state index in [0.717, 1.165) is 38.5 Å². The number of fused-ring (bicyclic) bond motifs is 5. The van der Waals surface area contributed by atoms with Crippen molar-refractivity contribution >= 4 is 5.97 Å². The summed E-state index contributed by atoms with van der Waals surface area (Å²) in [7, 11) is 0. The Hall–Kier alpha value is -0.610. The second-order valence-corrected chi connectivity index (χ2v) is 11.3. The fourth-order valence-electron chi connectivity index (χ4n) is 8.71. The molecule has 0 radical (unpaired) electrons. The average Bonchev–Trinajstić information content (AvgIpc) is 3.00. The molecule has 4 heteroatoms. The predicted octanol–water partition coefficient (Wildman–Crippen LogP) is 4.48. The largest absolute Gasteiger partial charge is 0.481 e. The van der Waals surface area contributed by atoms with Crippen molar-refractivity contribution in [3.05, 3.63) is 0 Å². The van der Waals surface area contributed by atoms with Crippen molar-refractivity contribution in [1.29, 1.82) is 0 Å². The summed E-state index contributed by atoms with van der Waals surface area (Å²) in [5.74, 6) is 2.55. The fraction of sp³-hybridized carbons (Fsp3) is 0.958. The van der Waals surface area contributed by atoms with Gasteiger partial charge in [-0.25, -0.2) is 0 Å². The van der Waals surface area contributed by atoms with Crippen molar-refractivity contribution in [3.8, 4) is 0 Å². The lowest BCUT2D eigenvalue weighted by molar-refractivity contribution is -0.175. The van der Waals surface area contributed by atoms with Gasteiger partial charge in [0.1, 0.15) is 0 Å². The standard InChI is InChI=1S/C24H40O4/c1-14(4-9-22(27)28)18-7-8-19-17-6-5-15-12-16(25)10-11-23(15,2)20(17)13-21(26)24(18,19)3/h14-21,25-26H,4-13H2,1-3H3,(H,27,28)/t14?,15-,16-,17+,18-,19+,20+,21+,23+,24-/m0/s1. The third-order valence-electron chi connectivity index (χ3n) is 10.3. The third kappa shape index (κ3) is 3.05. The van der Waals surface area contributed by atoms with Gasteiger partial charge in [-0.05, 0) is 104 Å². The molecule has 0 aromatic carbocycles. The van der Waals surface area contributed by atoms with Gasteiger partial charge < -0.3 is 15.3 Å². The second-order valence-electron chi connectivity index (χ2n) is 11.3. The maximum Gasteiger partial charge on any atom is 0.303 e. The van der Waals surface area contributed by atoms with Gasteiger partial charge in [0.05, 0.1) is 12.2 Å². The van der Waals surface area contributed by atoms with Gasteiger partial charge in [-0.1, -0.05) is 20.8 Å². The van der Waals surface area contributed by atoms with Crippen LogP contribution in [0.1, 0.15) is 85.0 Å². The van der Waals surface area contributed by atoms with Gasteiger partial charge in [-0.3, -0.25) is 4.79 Å². The minimum Gasteiger partial charge on any atom is -0.481 e. The van der Waals surface area contributed by atoms with Crippen molar-refractivity contribution in [2.45, 2.75) is 97.2 Å². The molecule has 160 valence electrons. The molecule has 10 atom stereocenters. The van der Waals surface area contributed by atoms with Crippen LogP contribution in [0.4, 0.5) is 0 Å². The third-order valence-corrected chi connectivity index (χ3v) is 10.3. The number of aliphatic carboxylic acids is 1. The Bertz CT molecular complexity index is 605. The Labute approximate surface area is 170 Å². The normalized spacial score (nSPS) is 51.7. The summed E-state index contributed by atoms with van der Waals surface area (Å²) in [5, 5.41) is 30.8. The Morgan fingerprint density at radius 3 is 2.50 bits per heavy atom. The first-order valence-electron chi connectivity index (χ1n) is 11.8. The van der Waals surface area contributed by atoms with E-state index in [1.165, 1.54) is 19.3 Å². The maximum atomic E-state index is 11.5. The number of hydrogen-bond acceptors (Lipinski definition) is 3. The molecule has 1 unspecified atom stereocenters. The minimum atomic E-state index is -0.707. The zero-order chi connectivity index (χ0) is 20.3. The topological polar surface area (TPSA) is 77.8 Å². The van der Waals surface area contributed by atoms with E-state index in [0.29, 0.717) is 35.5 Å². The first-order valence-corrected chi connectivity index (χ1v) is 11.8. The fourth-order valence-corrected chi connectivity index (χ4v) is 8.71. The maximum absolute atomic E-state index is 11.5. The molecule has 3 N–H and O–H groups in total. The lowest BCUT2D eigenvalue weighted by Crippen LogP contribution is -2.58. The van der Waals surface area contributed by atoms with Crippen LogP contribution in [0.25, 0.3) is 0 Å². The molecule has 0 aromatic heterocycles. The zero-order valence-electron chi connectivity index (χ0n) is 17.9. The molecule has 4 nitrogen and oxygen atoms in total. The van der Waals surface area contributed by atoms with Gasteiger partial charge in [0.25, 0.3) is 0 Å². The van der Waals surface area contributed by atoms with Crippen LogP contribution in [0.15, 0.2) is 0 Å². The van der Waals surface area contributed by atoms with Crippen molar-refractivity contribution in [3.63, 3.8) is 0 Å². The molecule has 4 aliphatic rings. The average molecular weight is 393 g/mol. The molecule has 0 spiro atoms. The monoisotopic (exact) mass is 392 g/mol. The van der Waals surface area contributed by atoms with Gasteiger partial charge in [0.15, 0.2) is 0 Å². The molecule has 0 amide bonds. The number of carboxylic acids is 1. The molecule has 0 aromatic rings.